The van der Waals surface area contributed by atoms with E-state index in [4.69, 9.17) is 14.5 Å². The first-order chi connectivity index (χ1) is 14.2. The van der Waals surface area contributed by atoms with Crippen LogP contribution in [-0.4, -0.2) is 55.8 Å². The first-order valence-corrected chi connectivity index (χ1v) is 11.1. The highest BCUT2D eigenvalue weighted by molar-refractivity contribution is 5.97. The van der Waals surface area contributed by atoms with Gasteiger partial charge < -0.3 is 25.0 Å². The van der Waals surface area contributed by atoms with E-state index in [2.05, 4.69) is 35.4 Å². The largest absolute Gasteiger partial charge is 0.493 e. The fourth-order valence-electron chi connectivity index (χ4n) is 4.38. The second-order valence-corrected chi connectivity index (χ2v) is 8.41. The van der Waals surface area contributed by atoms with Crippen molar-refractivity contribution in [3.63, 3.8) is 0 Å². The van der Waals surface area contributed by atoms with Gasteiger partial charge >= 0.3 is 0 Å². The minimum absolute atomic E-state index is 0.338. The fourth-order valence-corrected chi connectivity index (χ4v) is 4.38. The van der Waals surface area contributed by atoms with Crippen LogP contribution in [0.1, 0.15) is 45.1 Å². The molecule has 2 aliphatic heterocycles. The summed E-state index contributed by atoms with van der Waals surface area (Å²) in [6.07, 6.45) is 5.85. The number of methoxy groups -OCH3 is 1. The molecule has 158 valence electrons. The molecular weight excluding hydrogens is 364 g/mol. The Labute approximate surface area is 174 Å². The van der Waals surface area contributed by atoms with Crippen LogP contribution in [0.25, 0.3) is 10.9 Å². The van der Waals surface area contributed by atoms with E-state index in [0.717, 1.165) is 60.6 Å². The van der Waals surface area contributed by atoms with Crippen LogP contribution in [-0.2, 0) is 6.42 Å². The summed E-state index contributed by atoms with van der Waals surface area (Å²) in [6.45, 7) is 9.55. The second-order valence-electron chi connectivity index (χ2n) is 8.41. The number of likely N-dealkylation sites (tertiary alicyclic amines) is 1. The Morgan fingerprint density at radius 2 is 2.00 bits per heavy atom. The molecule has 1 aromatic carbocycles. The number of hydrogen-bond donors (Lipinski definition) is 2. The lowest BCUT2D eigenvalue weighted by Gasteiger charge is -2.24. The number of rotatable bonds is 8. The first kappa shape index (κ1) is 20.1. The van der Waals surface area contributed by atoms with Gasteiger partial charge in [-0.05, 0) is 65.1 Å². The molecule has 2 N–H and O–H groups in total. The number of nitrogens with zero attached hydrogens (tertiary/aromatic N) is 2. The maximum Gasteiger partial charge on any atom is 0.163 e. The number of fused-ring (bicyclic) bond motifs is 3. The third-order valence-corrected chi connectivity index (χ3v) is 5.78. The zero-order valence-corrected chi connectivity index (χ0v) is 18.0. The van der Waals surface area contributed by atoms with Gasteiger partial charge in [0.15, 0.2) is 11.5 Å². The Morgan fingerprint density at radius 1 is 1.17 bits per heavy atom. The summed E-state index contributed by atoms with van der Waals surface area (Å²) in [5, 5.41) is 8.23. The summed E-state index contributed by atoms with van der Waals surface area (Å²) in [7, 11) is 1.71. The van der Waals surface area contributed by atoms with Gasteiger partial charge in [-0.3, -0.25) is 0 Å². The van der Waals surface area contributed by atoms with Crippen LogP contribution in [0.2, 0.25) is 0 Å². The number of pyridine rings is 1. The lowest BCUT2D eigenvalue weighted by atomic mass is 10.00. The van der Waals surface area contributed by atoms with Crippen molar-refractivity contribution in [2.24, 2.45) is 0 Å². The van der Waals surface area contributed by atoms with Crippen molar-refractivity contribution in [1.82, 2.24) is 9.88 Å². The van der Waals surface area contributed by atoms with Gasteiger partial charge in [-0.25, -0.2) is 4.98 Å². The van der Waals surface area contributed by atoms with Crippen LogP contribution < -0.4 is 20.1 Å². The summed E-state index contributed by atoms with van der Waals surface area (Å²) in [5.74, 6) is 2.54. The zero-order valence-electron chi connectivity index (χ0n) is 18.0. The molecule has 0 radical (unpaired) electrons. The van der Waals surface area contributed by atoms with E-state index in [1.165, 1.54) is 37.2 Å². The normalized spacial score (nSPS) is 16.7. The van der Waals surface area contributed by atoms with Crippen LogP contribution >= 0.6 is 0 Å². The second kappa shape index (κ2) is 9.08. The van der Waals surface area contributed by atoms with Gasteiger partial charge in [-0.2, -0.15) is 0 Å². The molecular formula is C23H34N4O2. The lowest BCUT2D eigenvalue weighted by Crippen LogP contribution is -2.22. The molecule has 0 bridgehead atoms. The number of hydrogen-bond acceptors (Lipinski definition) is 6. The number of aromatic nitrogens is 1. The summed E-state index contributed by atoms with van der Waals surface area (Å²) in [5.41, 5.74) is 3.40. The van der Waals surface area contributed by atoms with Crippen molar-refractivity contribution < 1.29 is 9.47 Å². The van der Waals surface area contributed by atoms with Crippen molar-refractivity contribution in [2.45, 2.75) is 52.0 Å². The highest BCUT2D eigenvalue weighted by Gasteiger charge is 2.21. The topological polar surface area (TPSA) is 58.6 Å². The van der Waals surface area contributed by atoms with Gasteiger partial charge in [-0.1, -0.05) is 0 Å². The predicted octanol–water partition coefficient (Wildman–Crippen LogP) is 4.29. The van der Waals surface area contributed by atoms with E-state index < -0.39 is 0 Å². The Morgan fingerprint density at radius 3 is 2.76 bits per heavy atom. The Bertz CT molecular complexity index is 847. The van der Waals surface area contributed by atoms with E-state index >= 15 is 0 Å². The SMILES string of the molecule is COc1cc2c3c(c(NC(C)C)nc2cc1OCCCN1CCCC1)CCCN3. The van der Waals surface area contributed by atoms with Crippen molar-refractivity contribution in [3.05, 3.63) is 17.7 Å². The number of anilines is 2. The smallest absolute Gasteiger partial charge is 0.163 e. The molecule has 2 aromatic rings. The first-order valence-electron chi connectivity index (χ1n) is 11.1. The molecule has 1 fully saturated rings. The third-order valence-electron chi connectivity index (χ3n) is 5.78. The molecule has 0 spiro atoms. The molecule has 4 rings (SSSR count). The minimum Gasteiger partial charge on any atom is -0.493 e. The van der Waals surface area contributed by atoms with E-state index in [1.807, 2.05) is 6.07 Å². The van der Waals surface area contributed by atoms with E-state index in [1.54, 1.807) is 7.11 Å². The lowest BCUT2D eigenvalue weighted by molar-refractivity contribution is 0.254. The molecule has 0 aliphatic carbocycles. The molecule has 6 heteroatoms. The van der Waals surface area contributed by atoms with Crippen LogP contribution in [0.4, 0.5) is 11.5 Å². The predicted molar refractivity (Wildman–Crippen MR) is 120 cm³/mol. The highest BCUT2D eigenvalue weighted by atomic mass is 16.5. The molecule has 6 nitrogen and oxygen atoms in total. The fraction of sp³-hybridized carbons (Fsp3) is 0.609. The summed E-state index contributed by atoms with van der Waals surface area (Å²) < 4.78 is 11.8. The summed E-state index contributed by atoms with van der Waals surface area (Å²) in [6, 6.07) is 4.45. The zero-order chi connectivity index (χ0) is 20.2. The van der Waals surface area contributed by atoms with Gasteiger partial charge in [0.2, 0.25) is 0 Å². The van der Waals surface area contributed by atoms with Crippen molar-refractivity contribution >= 4 is 22.4 Å². The molecule has 3 heterocycles. The van der Waals surface area contributed by atoms with Crippen LogP contribution in [0.5, 0.6) is 11.5 Å². The molecule has 1 saturated heterocycles. The Kier molecular flexibility index (Phi) is 6.28. The average Bonchev–Trinajstić information content (AvgIpc) is 3.24. The molecule has 2 aliphatic rings. The van der Waals surface area contributed by atoms with Gasteiger partial charge in [0, 0.05) is 36.1 Å². The maximum atomic E-state index is 6.13. The number of ether oxygens (including phenoxy) is 2. The van der Waals surface area contributed by atoms with E-state index in [0.29, 0.717) is 12.6 Å². The molecule has 29 heavy (non-hydrogen) atoms. The van der Waals surface area contributed by atoms with Crippen molar-refractivity contribution in [1.29, 1.82) is 0 Å². The number of nitrogens with one attached hydrogen (secondary N) is 2. The summed E-state index contributed by atoms with van der Waals surface area (Å²) in [4.78, 5) is 7.48. The third kappa shape index (κ3) is 4.53. The average molecular weight is 399 g/mol. The quantitative estimate of drug-likeness (QED) is 0.647. The Balaban J connectivity index is 1.59. The van der Waals surface area contributed by atoms with Crippen molar-refractivity contribution in [3.8, 4) is 11.5 Å². The van der Waals surface area contributed by atoms with Crippen LogP contribution in [0, 0.1) is 0 Å². The van der Waals surface area contributed by atoms with Crippen LogP contribution in [0.3, 0.4) is 0 Å². The molecule has 1 aromatic heterocycles. The maximum absolute atomic E-state index is 6.13. The van der Waals surface area contributed by atoms with Gasteiger partial charge in [0.05, 0.1) is 24.9 Å². The summed E-state index contributed by atoms with van der Waals surface area (Å²) >= 11 is 0. The van der Waals surface area contributed by atoms with Gasteiger partial charge in [-0.15, -0.1) is 0 Å². The number of benzene rings is 1. The van der Waals surface area contributed by atoms with Gasteiger partial charge in [0.1, 0.15) is 5.82 Å². The minimum atomic E-state index is 0.338. The molecule has 0 amide bonds. The molecule has 0 unspecified atom stereocenters. The highest BCUT2D eigenvalue weighted by Crippen LogP contribution is 2.40. The van der Waals surface area contributed by atoms with Crippen LogP contribution in [0.15, 0.2) is 12.1 Å². The Hall–Kier alpha value is -2.21. The standard InChI is InChI=1S/C23H34N4O2/c1-16(2)25-23-17-8-6-9-24-22(17)18-14-20(28-3)21(15-19(18)26-23)29-13-7-12-27-10-4-5-11-27/h14-16,24H,4-13H2,1-3H3,(H,25,26). The van der Waals surface area contributed by atoms with Gasteiger partial charge in [0.25, 0.3) is 0 Å². The van der Waals surface area contributed by atoms with E-state index in [-0.39, 0.29) is 0 Å². The molecule has 0 saturated carbocycles. The molecule has 0 atom stereocenters. The van der Waals surface area contributed by atoms with Crippen molar-refractivity contribution in [2.75, 3.05) is 50.5 Å². The monoisotopic (exact) mass is 398 g/mol. The van der Waals surface area contributed by atoms with E-state index in [9.17, 15) is 0 Å².